The quantitative estimate of drug-likeness (QED) is 0.155. The molecule has 0 N–H and O–H groups in total. The second-order valence-electron chi connectivity index (χ2n) is 20.4. The molecular weight excluding hydrogens is 893 g/mol. The first-order valence-electron chi connectivity index (χ1n) is 26.1. The number of para-hydroxylation sites is 1. The van der Waals surface area contributed by atoms with Gasteiger partial charge in [0.1, 0.15) is 0 Å². The average Bonchev–Trinajstić information content (AvgIpc) is 4.24. The molecular formula is C72H50N2. The summed E-state index contributed by atoms with van der Waals surface area (Å²) in [7, 11) is 0. The number of hydrogen-bond acceptors (Lipinski definition) is 1. The van der Waals surface area contributed by atoms with Crippen LogP contribution in [0.1, 0.15) is 52.8 Å². The van der Waals surface area contributed by atoms with E-state index in [0.29, 0.717) is 5.92 Å². The monoisotopic (exact) mass is 942 g/mol. The van der Waals surface area contributed by atoms with Gasteiger partial charge in [-0.1, -0.05) is 219 Å². The molecule has 74 heavy (non-hydrogen) atoms. The van der Waals surface area contributed by atoms with Crippen LogP contribution in [0.5, 0.6) is 0 Å². The van der Waals surface area contributed by atoms with Crippen molar-refractivity contribution >= 4 is 44.8 Å². The van der Waals surface area contributed by atoms with Crippen LogP contribution in [0.25, 0.3) is 89.1 Å². The van der Waals surface area contributed by atoms with Gasteiger partial charge in [-0.25, -0.2) is 0 Å². The van der Waals surface area contributed by atoms with Gasteiger partial charge in [0.25, 0.3) is 0 Å². The van der Waals surface area contributed by atoms with Crippen LogP contribution in [-0.2, 0) is 5.41 Å². The molecule has 3 aliphatic rings. The van der Waals surface area contributed by atoms with Gasteiger partial charge in [0.2, 0.25) is 0 Å². The molecule has 0 saturated heterocycles. The highest BCUT2D eigenvalue weighted by atomic mass is 15.1. The lowest BCUT2D eigenvalue weighted by Crippen LogP contribution is -2.26. The van der Waals surface area contributed by atoms with E-state index >= 15 is 0 Å². The number of hydrogen-bond donors (Lipinski definition) is 0. The molecule has 3 aliphatic carbocycles. The van der Waals surface area contributed by atoms with Crippen molar-refractivity contribution in [3.8, 4) is 61.3 Å². The zero-order valence-corrected chi connectivity index (χ0v) is 41.1. The first-order chi connectivity index (χ1) is 36.6. The van der Waals surface area contributed by atoms with Crippen LogP contribution < -0.4 is 4.90 Å². The maximum absolute atomic E-state index is 2.48. The lowest BCUT2D eigenvalue weighted by molar-refractivity contribution is 0.723. The van der Waals surface area contributed by atoms with Crippen LogP contribution in [-0.4, -0.2) is 4.57 Å². The Hall–Kier alpha value is -9.24. The van der Waals surface area contributed by atoms with E-state index in [-0.39, 0.29) is 0 Å². The maximum atomic E-state index is 2.48. The summed E-state index contributed by atoms with van der Waals surface area (Å²) in [5.74, 6) is 0.443. The fourth-order valence-electron chi connectivity index (χ4n) is 13.2. The summed E-state index contributed by atoms with van der Waals surface area (Å²) in [5, 5.41) is 3.88. The van der Waals surface area contributed by atoms with Gasteiger partial charge >= 0.3 is 0 Å². The Kier molecular flexibility index (Phi) is 9.56. The van der Waals surface area contributed by atoms with Gasteiger partial charge < -0.3 is 9.47 Å². The van der Waals surface area contributed by atoms with Gasteiger partial charge in [-0.2, -0.15) is 0 Å². The highest BCUT2D eigenvalue weighted by Crippen LogP contribution is 2.65. The van der Waals surface area contributed by atoms with E-state index in [4.69, 9.17) is 0 Å². The molecule has 0 fully saturated rings. The van der Waals surface area contributed by atoms with E-state index < -0.39 is 5.41 Å². The number of benzene rings is 11. The van der Waals surface area contributed by atoms with Crippen LogP contribution in [0.15, 0.2) is 261 Å². The molecule has 15 rings (SSSR count). The van der Waals surface area contributed by atoms with Crippen molar-refractivity contribution in [1.82, 2.24) is 4.57 Å². The molecule has 0 radical (unpaired) electrons. The molecule has 11 aromatic carbocycles. The molecule has 2 heteroatoms. The van der Waals surface area contributed by atoms with Gasteiger partial charge in [0.05, 0.1) is 10.9 Å². The predicted octanol–water partition coefficient (Wildman–Crippen LogP) is 19.1. The molecule has 0 aliphatic heterocycles. The SMILES string of the molecule is CC1CC=Cc2c1n(-c1ccc(-c3ccc(N(c4ccc(-c5ccccc5)cc4)c4cccc(-c5cccc6c5C5(c7ccccc7-6)c6ccccc6-c6c5ccc5ccccc65)c4)cc3)cc1)c1ccccc21. The van der Waals surface area contributed by atoms with Crippen LogP contribution in [0, 0.1) is 0 Å². The van der Waals surface area contributed by atoms with E-state index in [1.165, 1.54) is 117 Å². The third-order valence-electron chi connectivity index (χ3n) is 16.4. The highest BCUT2D eigenvalue weighted by Gasteiger charge is 2.53. The van der Waals surface area contributed by atoms with Crippen molar-refractivity contribution in [2.45, 2.75) is 24.7 Å². The van der Waals surface area contributed by atoms with Crippen molar-refractivity contribution in [3.05, 3.63) is 294 Å². The minimum atomic E-state index is -0.500. The Morgan fingerprint density at radius 1 is 0.419 bits per heavy atom. The summed E-state index contributed by atoms with van der Waals surface area (Å²) in [5.41, 5.74) is 25.8. The summed E-state index contributed by atoms with van der Waals surface area (Å²) in [6.45, 7) is 2.35. The molecule has 1 heterocycles. The predicted molar refractivity (Wildman–Crippen MR) is 310 cm³/mol. The normalized spacial score (nSPS) is 15.7. The molecule has 12 aromatic rings. The summed E-state index contributed by atoms with van der Waals surface area (Å²) in [6, 6.07) is 95.0. The third kappa shape index (κ3) is 6.25. The minimum absolute atomic E-state index is 0.443. The molecule has 0 bridgehead atoms. The van der Waals surface area contributed by atoms with E-state index in [0.717, 1.165) is 23.5 Å². The van der Waals surface area contributed by atoms with Crippen molar-refractivity contribution in [3.63, 3.8) is 0 Å². The molecule has 2 nitrogen and oxygen atoms in total. The van der Waals surface area contributed by atoms with E-state index in [9.17, 15) is 0 Å². The van der Waals surface area contributed by atoms with Crippen LogP contribution in [0.2, 0.25) is 0 Å². The Balaban J connectivity index is 0.858. The fourth-order valence-corrected chi connectivity index (χ4v) is 13.2. The van der Waals surface area contributed by atoms with Crippen molar-refractivity contribution < 1.29 is 0 Å². The number of aromatic nitrogens is 1. The molecule has 1 spiro atoms. The summed E-state index contributed by atoms with van der Waals surface area (Å²) in [6.07, 6.45) is 5.70. The number of fused-ring (bicyclic) bond motifs is 15. The largest absolute Gasteiger partial charge is 0.313 e. The zero-order valence-electron chi connectivity index (χ0n) is 41.1. The van der Waals surface area contributed by atoms with E-state index in [1.54, 1.807) is 0 Å². The highest BCUT2D eigenvalue weighted by molar-refractivity contribution is 6.07. The Morgan fingerprint density at radius 2 is 0.986 bits per heavy atom. The van der Waals surface area contributed by atoms with Crippen molar-refractivity contribution in [2.24, 2.45) is 0 Å². The first-order valence-corrected chi connectivity index (χ1v) is 26.1. The molecule has 2 atom stereocenters. The van der Waals surface area contributed by atoms with Crippen LogP contribution in [0.3, 0.4) is 0 Å². The first kappa shape index (κ1) is 42.4. The number of rotatable bonds is 7. The summed E-state index contributed by atoms with van der Waals surface area (Å²) < 4.78 is 2.48. The standard InChI is InChI=1S/C72H50N2/c1-47-16-13-28-63-61-24-9-12-31-68(61)74(71(47)63)56-43-36-51(37-44-56)50-34-41-55(42-35-50)73(54-39-32-49(33-40-54)48-17-3-2-4-18-48)57-21-14-20-53(46-57)59-26-15-27-62-60-23-7-10-29-65(60)72(70(59)62)66-30-11-8-25-64(66)69-58-22-6-5-19-52(58)38-45-67(69)72/h2-15,17-47H,16H2,1H3. The van der Waals surface area contributed by atoms with Crippen LogP contribution >= 0.6 is 0 Å². The molecule has 0 amide bonds. The molecule has 1 aromatic heterocycles. The Bertz CT molecular complexity index is 4210. The smallest absolute Gasteiger partial charge is 0.0731 e. The lowest BCUT2D eigenvalue weighted by atomic mass is 9.68. The molecule has 348 valence electrons. The Labute approximate surface area is 432 Å². The second-order valence-corrected chi connectivity index (χ2v) is 20.4. The minimum Gasteiger partial charge on any atom is -0.313 e. The molecule has 0 saturated carbocycles. The van der Waals surface area contributed by atoms with Gasteiger partial charge in [-0.3, -0.25) is 0 Å². The molecule has 2 unspecified atom stereocenters. The topological polar surface area (TPSA) is 8.17 Å². The van der Waals surface area contributed by atoms with Gasteiger partial charge in [-0.05, 0) is 150 Å². The second kappa shape index (κ2) is 16.7. The van der Waals surface area contributed by atoms with Crippen molar-refractivity contribution in [1.29, 1.82) is 0 Å². The maximum Gasteiger partial charge on any atom is 0.0731 e. The number of allylic oxidation sites excluding steroid dienone is 1. The van der Waals surface area contributed by atoms with E-state index in [2.05, 4.69) is 283 Å². The van der Waals surface area contributed by atoms with E-state index in [1.807, 2.05) is 0 Å². The summed E-state index contributed by atoms with van der Waals surface area (Å²) >= 11 is 0. The zero-order chi connectivity index (χ0) is 48.9. The average molecular weight is 943 g/mol. The van der Waals surface area contributed by atoms with Crippen LogP contribution in [0.4, 0.5) is 17.1 Å². The third-order valence-corrected chi connectivity index (χ3v) is 16.4. The lowest BCUT2D eigenvalue weighted by Gasteiger charge is -2.32. The van der Waals surface area contributed by atoms with Gasteiger partial charge in [-0.15, -0.1) is 0 Å². The summed E-state index contributed by atoms with van der Waals surface area (Å²) in [4.78, 5) is 2.42. The number of nitrogens with zero attached hydrogens (tertiary/aromatic N) is 2. The van der Waals surface area contributed by atoms with Crippen molar-refractivity contribution in [2.75, 3.05) is 4.90 Å². The fraction of sp³-hybridized carbons (Fsp3) is 0.0556. The number of anilines is 3. The van der Waals surface area contributed by atoms with Gasteiger partial charge in [0.15, 0.2) is 0 Å². The van der Waals surface area contributed by atoms with Gasteiger partial charge in [0, 0.05) is 45.3 Å². The Morgan fingerprint density at radius 3 is 1.74 bits per heavy atom.